The lowest BCUT2D eigenvalue weighted by Crippen LogP contribution is -2.09. The SMILES string of the molecule is c1ccc2c(c1)oc1ccc(N(c3ccc4sc5ccccc5c4c3)c3ccc4sc5cc6c7ccccc7c7ccccc7c6cc5c4c3)cc12. The van der Waals surface area contributed by atoms with Crippen molar-refractivity contribution < 1.29 is 4.42 Å². The van der Waals surface area contributed by atoms with Gasteiger partial charge in [0.15, 0.2) is 0 Å². The molecule has 0 fully saturated rings. The molecular formula is C48H27NOS2. The molecule has 0 N–H and O–H groups in total. The highest BCUT2D eigenvalue weighted by atomic mass is 32.1. The Balaban J connectivity index is 1.13. The van der Waals surface area contributed by atoms with Crippen LogP contribution in [0.3, 0.4) is 0 Å². The summed E-state index contributed by atoms with van der Waals surface area (Å²) >= 11 is 3.74. The van der Waals surface area contributed by atoms with Crippen molar-refractivity contribution in [2.75, 3.05) is 4.90 Å². The average Bonchev–Trinajstić information content (AvgIpc) is 3.88. The highest BCUT2D eigenvalue weighted by Gasteiger charge is 2.19. The molecule has 9 aromatic carbocycles. The normalized spacial score (nSPS) is 12.2. The van der Waals surface area contributed by atoms with E-state index in [0.717, 1.165) is 39.0 Å². The van der Waals surface area contributed by atoms with Crippen LogP contribution in [0.4, 0.5) is 17.1 Å². The van der Waals surface area contributed by atoms with Gasteiger partial charge in [-0.3, -0.25) is 0 Å². The molecule has 3 aromatic heterocycles. The van der Waals surface area contributed by atoms with E-state index >= 15 is 0 Å². The van der Waals surface area contributed by atoms with Gasteiger partial charge >= 0.3 is 0 Å². The van der Waals surface area contributed by atoms with E-state index < -0.39 is 0 Å². The topological polar surface area (TPSA) is 16.4 Å². The van der Waals surface area contributed by atoms with Gasteiger partial charge in [0.25, 0.3) is 0 Å². The van der Waals surface area contributed by atoms with E-state index in [1.807, 2.05) is 34.8 Å². The van der Waals surface area contributed by atoms with Crippen molar-refractivity contribution in [2.24, 2.45) is 0 Å². The molecule has 12 rings (SSSR count). The van der Waals surface area contributed by atoms with Crippen molar-refractivity contribution in [1.29, 1.82) is 0 Å². The molecular weight excluding hydrogens is 671 g/mol. The molecule has 12 aromatic rings. The van der Waals surface area contributed by atoms with Crippen LogP contribution in [-0.4, -0.2) is 0 Å². The molecule has 0 aliphatic heterocycles. The smallest absolute Gasteiger partial charge is 0.135 e. The molecule has 0 aliphatic carbocycles. The zero-order valence-electron chi connectivity index (χ0n) is 27.8. The van der Waals surface area contributed by atoms with E-state index in [4.69, 9.17) is 4.42 Å². The third-order valence-electron chi connectivity index (χ3n) is 10.8. The van der Waals surface area contributed by atoms with E-state index in [9.17, 15) is 0 Å². The Morgan fingerprint density at radius 3 is 1.42 bits per heavy atom. The minimum Gasteiger partial charge on any atom is -0.456 e. The summed E-state index contributed by atoms with van der Waals surface area (Å²) < 4.78 is 11.5. The van der Waals surface area contributed by atoms with Crippen LogP contribution in [0.1, 0.15) is 0 Å². The summed E-state index contributed by atoms with van der Waals surface area (Å²) in [4.78, 5) is 2.42. The zero-order chi connectivity index (χ0) is 33.9. The van der Waals surface area contributed by atoms with Crippen LogP contribution in [0.2, 0.25) is 0 Å². The second kappa shape index (κ2) is 10.7. The predicted molar refractivity (Wildman–Crippen MR) is 227 cm³/mol. The summed E-state index contributed by atoms with van der Waals surface area (Å²) in [5.74, 6) is 0. The van der Waals surface area contributed by atoms with Crippen LogP contribution in [0.5, 0.6) is 0 Å². The summed E-state index contributed by atoms with van der Waals surface area (Å²) in [7, 11) is 0. The van der Waals surface area contributed by atoms with Gasteiger partial charge in [-0.1, -0.05) is 84.9 Å². The van der Waals surface area contributed by atoms with E-state index in [1.54, 1.807) is 0 Å². The molecule has 0 spiro atoms. The van der Waals surface area contributed by atoms with Gasteiger partial charge in [-0.15, -0.1) is 22.7 Å². The Kier molecular flexibility index (Phi) is 5.84. The Morgan fingerprint density at radius 1 is 0.288 bits per heavy atom. The number of para-hydroxylation sites is 1. The number of rotatable bonds is 3. The molecule has 0 atom stereocenters. The van der Waals surface area contributed by atoms with Gasteiger partial charge in [-0.2, -0.15) is 0 Å². The van der Waals surface area contributed by atoms with Crippen LogP contribution in [0.15, 0.2) is 168 Å². The van der Waals surface area contributed by atoms with Crippen molar-refractivity contribution in [3.63, 3.8) is 0 Å². The van der Waals surface area contributed by atoms with Crippen molar-refractivity contribution in [1.82, 2.24) is 0 Å². The molecule has 0 saturated heterocycles. The van der Waals surface area contributed by atoms with Gasteiger partial charge in [0.05, 0.1) is 0 Å². The molecule has 52 heavy (non-hydrogen) atoms. The third-order valence-corrected chi connectivity index (χ3v) is 13.1. The van der Waals surface area contributed by atoms with Crippen LogP contribution in [-0.2, 0) is 0 Å². The van der Waals surface area contributed by atoms with Gasteiger partial charge in [0, 0.05) is 68.2 Å². The summed E-state index contributed by atoms with van der Waals surface area (Å²) in [6.45, 7) is 0. The summed E-state index contributed by atoms with van der Waals surface area (Å²) in [5.41, 5.74) is 5.16. The lowest BCUT2D eigenvalue weighted by atomic mass is 9.93. The number of fused-ring (bicyclic) bond motifs is 15. The first kappa shape index (κ1) is 28.5. The van der Waals surface area contributed by atoms with Crippen LogP contribution in [0.25, 0.3) is 94.6 Å². The lowest BCUT2D eigenvalue weighted by Gasteiger charge is -2.26. The monoisotopic (exact) mass is 697 g/mol. The molecule has 0 bridgehead atoms. The minimum absolute atomic E-state index is 0.898. The summed E-state index contributed by atoms with van der Waals surface area (Å²) in [5, 5.41) is 15.2. The highest BCUT2D eigenvalue weighted by molar-refractivity contribution is 7.26. The summed E-state index contributed by atoms with van der Waals surface area (Å²) in [6.07, 6.45) is 0. The molecule has 0 aliphatic rings. The standard InChI is InChI=1S/C48H27NOS2/c1-3-11-33-31(9-1)32-10-2-4-12-34(32)38-27-48-42(26-37(33)38)41-25-30(19-22-47(41)52-48)49(28-17-20-44-39(23-28)35-13-5-7-15-43(35)50-44)29-18-21-46-40(24-29)36-14-6-8-16-45(36)51-46/h1-27H. The van der Waals surface area contributed by atoms with Gasteiger partial charge in [0.2, 0.25) is 0 Å². The molecule has 4 heteroatoms. The zero-order valence-corrected chi connectivity index (χ0v) is 29.4. The first-order valence-corrected chi connectivity index (χ1v) is 19.2. The van der Waals surface area contributed by atoms with Gasteiger partial charge in [-0.05, 0) is 111 Å². The number of nitrogens with zero attached hydrogens (tertiary/aromatic N) is 1. The maximum Gasteiger partial charge on any atom is 0.135 e. The molecule has 0 unspecified atom stereocenters. The number of hydrogen-bond donors (Lipinski definition) is 0. The van der Waals surface area contributed by atoms with Crippen LogP contribution >= 0.6 is 22.7 Å². The molecule has 0 radical (unpaired) electrons. The van der Waals surface area contributed by atoms with Crippen LogP contribution in [0, 0.1) is 0 Å². The van der Waals surface area contributed by atoms with Crippen molar-refractivity contribution >= 4 is 134 Å². The second-order valence-corrected chi connectivity index (χ2v) is 15.8. The minimum atomic E-state index is 0.898. The molecule has 2 nitrogen and oxygen atoms in total. The lowest BCUT2D eigenvalue weighted by molar-refractivity contribution is 0.669. The van der Waals surface area contributed by atoms with Gasteiger partial charge < -0.3 is 9.32 Å². The van der Waals surface area contributed by atoms with Gasteiger partial charge in [-0.25, -0.2) is 0 Å². The molecule has 0 saturated carbocycles. The number of benzene rings is 9. The van der Waals surface area contributed by atoms with Gasteiger partial charge in [0.1, 0.15) is 11.2 Å². The predicted octanol–water partition coefficient (Wildman–Crippen LogP) is 15.3. The molecule has 3 heterocycles. The fourth-order valence-electron chi connectivity index (χ4n) is 8.45. The largest absolute Gasteiger partial charge is 0.456 e. The quantitative estimate of drug-likeness (QED) is 0.171. The van der Waals surface area contributed by atoms with Crippen molar-refractivity contribution in [3.8, 4) is 0 Å². The number of hydrogen-bond acceptors (Lipinski definition) is 4. The van der Waals surface area contributed by atoms with Crippen molar-refractivity contribution in [2.45, 2.75) is 0 Å². The van der Waals surface area contributed by atoms with E-state index in [0.29, 0.717) is 0 Å². The Labute approximate surface area is 306 Å². The van der Waals surface area contributed by atoms with E-state index in [1.165, 1.54) is 72.7 Å². The number of furan rings is 1. The second-order valence-electron chi connectivity index (χ2n) is 13.7. The Bertz CT molecular complexity index is 3320. The fraction of sp³-hybridized carbons (Fsp3) is 0. The maximum atomic E-state index is 6.27. The first-order chi connectivity index (χ1) is 25.7. The Morgan fingerprint density at radius 2 is 0.731 bits per heavy atom. The maximum absolute atomic E-state index is 6.27. The Hall–Kier alpha value is -6.20. The number of thiophene rings is 2. The van der Waals surface area contributed by atoms with E-state index in [2.05, 4.69) is 157 Å². The van der Waals surface area contributed by atoms with E-state index in [-0.39, 0.29) is 0 Å². The summed E-state index contributed by atoms with van der Waals surface area (Å²) in [6, 6.07) is 60.2. The number of anilines is 3. The fourth-order valence-corrected chi connectivity index (χ4v) is 10.6. The van der Waals surface area contributed by atoms with Crippen molar-refractivity contribution in [3.05, 3.63) is 164 Å². The molecule has 0 amide bonds. The average molecular weight is 698 g/mol. The van der Waals surface area contributed by atoms with Crippen LogP contribution < -0.4 is 4.90 Å². The third kappa shape index (κ3) is 4.05. The first-order valence-electron chi connectivity index (χ1n) is 17.6. The highest BCUT2D eigenvalue weighted by Crippen LogP contribution is 2.46. The molecule has 242 valence electrons.